The Kier molecular flexibility index (Phi) is 3.28. The van der Waals surface area contributed by atoms with E-state index in [9.17, 15) is 8.42 Å². The molecule has 1 aromatic carbocycles. The van der Waals surface area contributed by atoms with E-state index in [-0.39, 0.29) is 17.5 Å². The summed E-state index contributed by atoms with van der Waals surface area (Å²) in [5.74, 6) is 0.386. The Morgan fingerprint density at radius 2 is 2.05 bits per heavy atom. The minimum absolute atomic E-state index is 0.0994. The minimum Gasteiger partial charge on any atom is -0.396 e. The van der Waals surface area contributed by atoms with E-state index in [0.29, 0.717) is 12.1 Å². The van der Waals surface area contributed by atoms with Crippen LogP contribution in [-0.4, -0.2) is 29.7 Å². The van der Waals surface area contributed by atoms with Crippen molar-refractivity contribution in [2.75, 3.05) is 17.2 Å². The molecule has 6 heteroatoms. The van der Waals surface area contributed by atoms with Crippen LogP contribution in [0.25, 0.3) is 11.3 Å². The zero-order valence-corrected chi connectivity index (χ0v) is 13.0. The van der Waals surface area contributed by atoms with Crippen LogP contribution in [0.3, 0.4) is 0 Å². The van der Waals surface area contributed by atoms with E-state index in [2.05, 4.69) is 25.0 Å². The monoisotopic (exact) mass is 305 g/mol. The Balaban J connectivity index is 1.96. The average Bonchev–Trinajstić information content (AvgIpc) is 2.96. The van der Waals surface area contributed by atoms with Gasteiger partial charge in [0, 0.05) is 11.8 Å². The van der Waals surface area contributed by atoms with E-state index >= 15 is 0 Å². The van der Waals surface area contributed by atoms with Gasteiger partial charge in [0.25, 0.3) is 0 Å². The maximum Gasteiger partial charge on any atom is 0.152 e. The highest BCUT2D eigenvalue weighted by molar-refractivity contribution is 7.91. The minimum atomic E-state index is -2.93. The molecule has 1 unspecified atom stereocenters. The number of hydrogen-bond donors (Lipinski definition) is 1. The van der Waals surface area contributed by atoms with Crippen molar-refractivity contribution < 1.29 is 8.42 Å². The van der Waals surface area contributed by atoms with E-state index < -0.39 is 9.84 Å². The molecule has 1 aromatic heterocycles. The van der Waals surface area contributed by atoms with Gasteiger partial charge in [-0.25, -0.2) is 8.42 Å². The fourth-order valence-electron chi connectivity index (χ4n) is 2.69. The van der Waals surface area contributed by atoms with Crippen molar-refractivity contribution >= 4 is 15.5 Å². The summed E-state index contributed by atoms with van der Waals surface area (Å²) in [6, 6.07) is 6.00. The van der Waals surface area contributed by atoms with Crippen molar-refractivity contribution in [2.24, 2.45) is 0 Å². The van der Waals surface area contributed by atoms with Crippen molar-refractivity contribution in [1.82, 2.24) is 9.78 Å². The Morgan fingerprint density at radius 1 is 1.29 bits per heavy atom. The fraction of sp³-hybridized carbons (Fsp3) is 0.400. The third kappa shape index (κ3) is 2.68. The van der Waals surface area contributed by atoms with Crippen LogP contribution in [0.5, 0.6) is 0 Å². The van der Waals surface area contributed by atoms with E-state index in [1.54, 1.807) is 10.9 Å². The molecule has 2 heterocycles. The Hall–Kier alpha value is -1.82. The van der Waals surface area contributed by atoms with Gasteiger partial charge in [0.2, 0.25) is 0 Å². The molecular weight excluding hydrogens is 286 g/mol. The topological polar surface area (TPSA) is 78.0 Å². The first-order valence-corrected chi connectivity index (χ1v) is 8.80. The van der Waals surface area contributed by atoms with Gasteiger partial charge in [-0.1, -0.05) is 12.1 Å². The molecule has 1 aliphatic heterocycles. The highest BCUT2D eigenvalue weighted by Gasteiger charge is 2.30. The molecule has 1 saturated heterocycles. The van der Waals surface area contributed by atoms with Crippen molar-refractivity contribution in [1.29, 1.82) is 0 Å². The number of nitrogens with zero attached hydrogens (tertiary/aromatic N) is 2. The molecular formula is C15H19N3O2S. The predicted octanol–water partition coefficient (Wildman–Crippen LogP) is 2.11. The van der Waals surface area contributed by atoms with Crippen LogP contribution in [-0.2, 0) is 9.84 Å². The second-order valence-corrected chi connectivity index (χ2v) is 8.00. The van der Waals surface area contributed by atoms with E-state index in [1.807, 2.05) is 12.1 Å². The molecule has 0 amide bonds. The molecule has 1 fully saturated rings. The summed E-state index contributed by atoms with van der Waals surface area (Å²) in [5, 5.41) is 4.53. The number of rotatable bonds is 2. The summed E-state index contributed by atoms with van der Waals surface area (Å²) in [6.07, 6.45) is 2.35. The SMILES string of the molecule is Cc1ccc(-c2nn(C3CCS(=O)(=O)C3)cc2N)cc1C. The van der Waals surface area contributed by atoms with Gasteiger partial charge >= 0.3 is 0 Å². The number of hydrogen-bond acceptors (Lipinski definition) is 4. The first-order valence-electron chi connectivity index (χ1n) is 6.98. The lowest BCUT2D eigenvalue weighted by atomic mass is 10.0. The molecule has 0 radical (unpaired) electrons. The van der Waals surface area contributed by atoms with Gasteiger partial charge in [0.1, 0.15) is 5.69 Å². The summed E-state index contributed by atoms with van der Waals surface area (Å²) in [5.41, 5.74) is 10.7. The molecule has 112 valence electrons. The van der Waals surface area contributed by atoms with Crippen molar-refractivity contribution in [2.45, 2.75) is 26.3 Å². The molecule has 1 atom stereocenters. The number of aromatic nitrogens is 2. The van der Waals surface area contributed by atoms with Crippen molar-refractivity contribution in [3.05, 3.63) is 35.5 Å². The number of anilines is 1. The molecule has 5 nitrogen and oxygen atoms in total. The average molecular weight is 305 g/mol. The molecule has 2 aromatic rings. The summed E-state index contributed by atoms with van der Waals surface area (Å²) < 4.78 is 24.9. The number of benzene rings is 1. The number of nitrogen functional groups attached to an aromatic ring is 1. The smallest absolute Gasteiger partial charge is 0.152 e. The van der Waals surface area contributed by atoms with E-state index in [1.165, 1.54) is 11.1 Å². The fourth-order valence-corrected chi connectivity index (χ4v) is 4.39. The van der Waals surface area contributed by atoms with Crippen LogP contribution >= 0.6 is 0 Å². The summed E-state index contributed by atoms with van der Waals surface area (Å²) in [4.78, 5) is 0. The Labute approximate surface area is 124 Å². The maximum atomic E-state index is 11.6. The first-order chi connectivity index (χ1) is 9.85. The number of nitrogens with two attached hydrogens (primary N) is 1. The molecule has 3 rings (SSSR count). The summed E-state index contributed by atoms with van der Waals surface area (Å²) in [7, 11) is -2.93. The van der Waals surface area contributed by atoms with Crippen LogP contribution in [0, 0.1) is 13.8 Å². The largest absolute Gasteiger partial charge is 0.396 e. The van der Waals surface area contributed by atoms with Crippen LogP contribution in [0.1, 0.15) is 23.6 Å². The van der Waals surface area contributed by atoms with Crippen LogP contribution < -0.4 is 5.73 Å². The van der Waals surface area contributed by atoms with Crippen molar-refractivity contribution in [3.8, 4) is 11.3 Å². The molecule has 0 saturated carbocycles. The lowest BCUT2D eigenvalue weighted by Gasteiger charge is -2.07. The Morgan fingerprint density at radius 3 is 2.67 bits per heavy atom. The van der Waals surface area contributed by atoms with Gasteiger partial charge < -0.3 is 5.73 Å². The Bertz CT molecular complexity index is 793. The molecule has 21 heavy (non-hydrogen) atoms. The number of sulfone groups is 1. The lowest BCUT2D eigenvalue weighted by molar-refractivity contribution is 0.501. The maximum absolute atomic E-state index is 11.6. The van der Waals surface area contributed by atoms with Gasteiger partial charge in [-0.3, -0.25) is 4.68 Å². The lowest BCUT2D eigenvalue weighted by Crippen LogP contribution is -2.11. The van der Waals surface area contributed by atoms with Gasteiger partial charge in [-0.2, -0.15) is 5.10 Å². The van der Waals surface area contributed by atoms with Gasteiger partial charge in [-0.15, -0.1) is 0 Å². The molecule has 0 bridgehead atoms. The van der Waals surface area contributed by atoms with E-state index in [4.69, 9.17) is 5.73 Å². The summed E-state index contributed by atoms with van der Waals surface area (Å²) in [6.45, 7) is 4.11. The predicted molar refractivity (Wildman–Crippen MR) is 83.9 cm³/mol. The third-order valence-electron chi connectivity index (χ3n) is 4.12. The highest BCUT2D eigenvalue weighted by Crippen LogP contribution is 2.30. The van der Waals surface area contributed by atoms with E-state index in [0.717, 1.165) is 11.3 Å². The second kappa shape index (κ2) is 4.87. The normalized spacial score (nSPS) is 20.8. The second-order valence-electron chi connectivity index (χ2n) is 5.77. The van der Waals surface area contributed by atoms with Crippen LogP contribution in [0.4, 0.5) is 5.69 Å². The van der Waals surface area contributed by atoms with Crippen molar-refractivity contribution in [3.63, 3.8) is 0 Å². The van der Waals surface area contributed by atoms with Gasteiger partial charge in [0.15, 0.2) is 9.84 Å². The van der Waals surface area contributed by atoms with Gasteiger partial charge in [0.05, 0.1) is 23.2 Å². The van der Waals surface area contributed by atoms with Crippen LogP contribution in [0.2, 0.25) is 0 Å². The first kappa shape index (κ1) is 14.1. The highest BCUT2D eigenvalue weighted by atomic mass is 32.2. The number of aryl methyl sites for hydroxylation is 2. The zero-order valence-electron chi connectivity index (χ0n) is 12.2. The molecule has 1 aliphatic rings. The summed E-state index contributed by atoms with van der Waals surface area (Å²) >= 11 is 0. The molecule has 0 spiro atoms. The quantitative estimate of drug-likeness (QED) is 0.921. The third-order valence-corrected chi connectivity index (χ3v) is 5.87. The van der Waals surface area contributed by atoms with Gasteiger partial charge in [-0.05, 0) is 37.5 Å². The zero-order chi connectivity index (χ0) is 15.2. The van der Waals surface area contributed by atoms with Crippen LogP contribution in [0.15, 0.2) is 24.4 Å². The molecule has 0 aliphatic carbocycles. The molecule has 2 N–H and O–H groups in total. The standard InChI is InChI=1S/C15H19N3O2S/c1-10-3-4-12(7-11(10)2)15-14(16)8-18(17-15)13-5-6-21(19,20)9-13/h3-4,7-8,13H,5-6,9,16H2,1-2H3.